The molecule has 0 spiro atoms. The fraction of sp³-hybridized carbons (Fsp3) is 0.333. The van der Waals surface area contributed by atoms with Gasteiger partial charge in [-0.25, -0.2) is 0 Å². The van der Waals surface area contributed by atoms with Crippen LogP contribution in [0.25, 0.3) is 0 Å². The summed E-state index contributed by atoms with van der Waals surface area (Å²) in [6, 6.07) is 14.7. The van der Waals surface area contributed by atoms with Gasteiger partial charge in [-0.2, -0.15) is 0 Å². The Balaban J connectivity index is 2.02. The monoisotopic (exact) mass is 285 g/mol. The fourth-order valence-electron chi connectivity index (χ4n) is 2.03. The molecule has 112 valence electrons. The highest BCUT2D eigenvalue weighted by Gasteiger charge is 2.04. The first-order chi connectivity index (χ1) is 10.2. The molecule has 0 aliphatic heterocycles. The molecule has 0 heterocycles. The van der Waals surface area contributed by atoms with Gasteiger partial charge >= 0.3 is 0 Å². The van der Waals surface area contributed by atoms with Crippen LogP contribution >= 0.6 is 0 Å². The van der Waals surface area contributed by atoms with Gasteiger partial charge in [-0.15, -0.1) is 0 Å². The molecule has 0 aliphatic carbocycles. The molecule has 1 N–H and O–H groups in total. The zero-order chi connectivity index (χ0) is 15.1. The molecule has 2 aromatic carbocycles. The lowest BCUT2D eigenvalue weighted by atomic mass is 10.1. The molecule has 0 amide bonds. The van der Waals surface area contributed by atoms with Crippen molar-refractivity contribution in [1.82, 2.24) is 0 Å². The van der Waals surface area contributed by atoms with Crippen molar-refractivity contribution in [3.05, 3.63) is 59.2 Å². The molecule has 0 unspecified atom stereocenters. The van der Waals surface area contributed by atoms with E-state index in [1.165, 1.54) is 16.7 Å². The molecule has 3 nitrogen and oxygen atoms in total. The molecule has 21 heavy (non-hydrogen) atoms. The highest BCUT2D eigenvalue weighted by Crippen LogP contribution is 2.26. The van der Waals surface area contributed by atoms with Gasteiger partial charge in [-0.1, -0.05) is 35.9 Å². The number of hydrogen-bond acceptors (Lipinski definition) is 3. The molecule has 0 aromatic heterocycles. The van der Waals surface area contributed by atoms with Gasteiger partial charge in [0.25, 0.3) is 0 Å². The van der Waals surface area contributed by atoms with Crippen molar-refractivity contribution in [1.29, 1.82) is 0 Å². The molecule has 2 aromatic rings. The van der Waals surface area contributed by atoms with Gasteiger partial charge in [0.15, 0.2) is 0 Å². The molecule has 0 saturated carbocycles. The van der Waals surface area contributed by atoms with Gasteiger partial charge in [-0.3, -0.25) is 0 Å². The highest BCUT2D eigenvalue weighted by molar-refractivity contribution is 5.57. The van der Waals surface area contributed by atoms with Crippen LogP contribution in [-0.4, -0.2) is 20.3 Å². The Morgan fingerprint density at radius 3 is 2.33 bits per heavy atom. The third kappa shape index (κ3) is 4.80. The van der Waals surface area contributed by atoms with Crippen LogP contribution in [0.4, 0.5) is 5.69 Å². The Hall–Kier alpha value is -2.00. The summed E-state index contributed by atoms with van der Waals surface area (Å²) in [5, 5.41) is 3.44. The van der Waals surface area contributed by atoms with Crippen molar-refractivity contribution < 1.29 is 9.47 Å². The van der Waals surface area contributed by atoms with Gasteiger partial charge < -0.3 is 14.8 Å². The minimum atomic E-state index is 0.555. The first kappa shape index (κ1) is 15.4. The lowest BCUT2D eigenvalue weighted by Crippen LogP contribution is -2.07. The minimum absolute atomic E-state index is 0.555. The standard InChI is InChI=1S/C18H23NO2/c1-14-4-7-16(8-5-14)13-19-17-9-6-15(2)12-18(17)21-11-10-20-3/h4-9,12,19H,10-11,13H2,1-3H3. The van der Waals surface area contributed by atoms with Crippen LogP contribution in [0, 0.1) is 13.8 Å². The number of anilines is 1. The average Bonchev–Trinajstić information content (AvgIpc) is 2.48. The fourth-order valence-corrected chi connectivity index (χ4v) is 2.03. The van der Waals surface area contributed by atoms with Crippen molar-refractivity contribution in [3.8, 4) is 5.75 Å². The molecule has 2 rings (SSSR count). The Kier molecular flexibility index (Phi) is 5.64. The predicted octanol–water partition coefficient (Wildman–Crippen LogP) is 3.94. The summed E-state index contributed by atoms with van der Waals surface area (Å²) in [4.78, 5) is 0. The Labute approximate surface area is 126 Å². The Morgan fingerprint density at radius 1 is 0.905 bits per heavy atom. The van der Waals surface area contributed by atoms with Crippen LogP contribution in [0.1, 0.15) is 16.7 Å². The van der Waals surface area contributed by atoms with E-state index in [0.29, 0.717) is 13.2 Å². The van der Waals surface area contributed by atoms with Crippen molar-refractivity contribution in [2.24, 2.45) is 0 Å². The Bertz CT molecular complexity index is 564. The second-order valence-electron chi connectivity index (χ2n) is 5.18. The summed E-state index contributed by atoms with van der Waals surface area (Å²) >= 11 is 0. The predicted molar refractivity (Wildman–Crippen MR) is 87.1 cm³/mol. The number of benzene rings is 2. The smallest absolute Gasteiger partial charge is 0.142 e. The zero-order valence-corrected chi connectivity index (χ0v) is 13.0. The number of aryl methyl sites for hydroxylation is 2. The van der Waals surface area contributed by atoms with E-state index in [0.717, 1.165) is 18.0 Å². The van der Waals surface area contributed by atoms with E-state index in [-0.39, 0.29) is 0 Å². The number of ether oxygens (including phenoxy) is 2. The van der Waals surface area contributed by atoms with Crippen molar-refractivity contribution in [3.63, 3.8) is 0 Å². The summed E-state index contributed by atoms with van der Waals surface area (Å²) in [5.74, 6) is 0.874. The Morgan fingerprint density at radius 2 is 1.62 bits per heavy atom. The molecular formula is C18H23NO2. The summed E-state index contributed by atoms with van der Waals surface area (Å²) in [6.07, 6.45) is 0. The lowest BCUT2D eigenvalue weighted by Gasteiger charge is -2.14. The zero-order valence-electron chi connectivity index (χ0n) is 13.0. The van der Waals surface area contributed by atoms with Crippen LogP contribution < -0.4 is 10.1 Å². The third-order valence-corrected chi connectivity index (χ3v) is 3.29. The van der Waals surface area contributed by atoms with E-state index in [4.69, 9.17) is 9.47 Å². The van der Waals surface area contributed by atoms with Crippen molar-refractivity contribution in [2.45, 2.75) is 20.4 Å². The molecule has 0 bridgehead atoms. The molecule has 0 aliphatic rings. The lowest BCUT2D eigenvalue weighted by molar-refractivity contribution is 0.146. The number of rotatable bonds is 7. The summed E-state index contributed by atoms with van der Waals surface area (Å²) in [5.41, 5.74) is 4.72. The van der Waals surface area contributed by atoms with Crippen LogP contribution in [0.2, 0.25) is 0 Å². The molecule has 0 radical (unpaired) electrons. The number of nitrogens with one attached hydrogen (secondary N) is 1. The molecule has 0 atom stereocenters. The summed E-state index contributed by atoms with van der Waals surface area (Å²) in [6.45, 7) is 6.08. The van der Waals surface area contributed by atoms with E-state index in [9.17, 15) is 0 Å². The maximum absolute atomic E-state index is 5.78. The van der Waals surface area contributed by atoms with Gasteiger partial charge in [0, 0.05) is 13.7 Å². The van der Waals surface area contributed by atoms with Gasteiger partial charge in [0.2, 0.25) is 0 Å². The highest BCUT2D eigenvalue weighted by atomic mass is 16.5. The van der Waals surface area contributed by atoms with E-state index in [1.807, 2.05) is 6.07 Å². The van der Waals surface area contributed by atoms with E-state index in [2.05, 4.69) is 55.6 Å². The topological polar surface area (TPSA) is 30.5 Å². The first-order valence-corrected chi connectivity index (χ1v) is 7.21. The van der Waals surface area contributed by atoms with Gasteiger partial charge in [-0.05, 0) is 37.1 Å². The van der Waals surface area contributed by atoms with Crippen LogP contribution in [0.15, 0.2) is 42.5 Å². The second-order valence-corrected chi connectivity index (χ2v) is 5.18. The summed E-state index contributed by atoms with van der Waals surface area (Å²) in [7, 11) is 1.68. The maximum Gasteiger partial charge on any atom is 0.142 e. The largest absolute Gasteiger partial charge is 0.489 e. The molecular weight excluding hydrogens is 262 g/mol. The second kappa shape index (κ2) is 7.70. The van der Waals surface area contributed by atoms with E-state index < -0.39 is 0 Å². The van der Waals surface area contributed by atoms with Crippen LogP contribution in [0.5, 0.6) is 5.75 Å². The van der Waals surface area contributed by atoms with Gasteiger partial charge in [0.05, 0.1) is 12.3 Å². The molecule has 3 heteroatoms. The molecule has 0 fully saturated rings. The number of hydrogen-bond donors (Lipinski definition) is 1. The van der Waals surface area contributed by atoms with Crippen LogP contribution in [-0.2, 0) is 11.3 Å². The number of methoxy groups -OCH3 is 1. The van der Waals surface area contributed by atoms with E-state index >= 15 is 0 Å². The average molecular weight is 285 g/mol. The minimum Gasteiger partial charge on any atom is -0.489 e. The van der Waals surface area contributed by atoms with Gasteiger partial charge in [0.1, 0.15) is 12.4 Å². The quantitative estimate of drug-likeness (QED) is 0.782. The SMILES string of the molecule is COCCOc1cc(C)ccc1NCc1ccc(C)cc1. The first-order valence-electron chi connectivity index (χ1n) is 7.21. The van der Waals surface area contributed by atoms with Crippen molar-refractivity contribution in [2.75, 3.05) is 25.6 Å². The summed E-state index contributed by atoms with van der Waals surface area (Å²) < 4.78 is 10.8. The maximum atomic E-state index is 5.78. The van der Waals surface area contributed by atoms with Crippen molar-refractivity contribution >= 4 is 5.69 Å². The van der Waals surface area contributed by atoms with E-state index in [1.54, 1.807) is 7.11 Å². The van der Waals surface area contributed by atoms with Crippen LogP contribution in [0.3, 0.4) is 0 Å². The normalized spacial score (nSPS) is 10.4. The third-order valence-electron chi connectivity index (χ3n) is 3.29. The molecule has 0 saturated heterocycles.